The third-order valence-electron chi connectivity index (χ3n) is 2.99. The summed E-state index contributed by atoms with van der Waals surface area (Å²) in [5.41, 5.74) is -0.138. The summed E-state index contributed by atoms with van der Waals surface area (Å²) in [6.07, 6.45) is 4.19. The zero-order chi connectivity index (χ0) is 13.7. The van der Waals surface area contributed by atoms with Crippen molar-refractivity contribution < 1.29 is 14.6 Å². The Kier molecular flexibility index (Phi) is 11.8. The molecule has 0 saturated carbocycles. The summed E-state index contributed by atoms with van der Waals surface area (Å²) in [4.78, 5) is 0. The van der Waals surface area contributed by atoms with Gasteiger partial charge in [-0.15, -0.1) is 0 Å². The van der Waals surface area contributed by atoms with Gasteiger partial charge in [-0.3, -0.25) is 0 Å². The van der Waals surface area contributed by atoms with Crippen LogP contribution in [0.25, 0.3) is 0 Å². The van der Waals surface area contributed by atoms with Crippen molar-refractivity contribution in [2.75, 3.05) is 39.6 Å². The summed E-state index contributed by atoms with van der Waals surface area (Å²) in [5, 5.41) is 12.8. The van der Waals surface area contributed by atoms with Gasteiger partial charge in [-0.25, -0.2) is 0 Å². The lowest BCUT2D eigenvalue weighted by atomic mass is 9.95. The molecular formula is C14H31NO3. The molecule has 0 aliphatic rings. The van der Waals surface area contributed by atoms with Gasteiger partial charge in [0.2, 0.25) is 0 Å². The monoisotopic (exact) mass is 261 g/mol. The van der Waals surface area contributed by atoms with E-state index in [9.17, 15) is 5.11 Å². The molecule has 0 saturated heterocycles. The van der Waals surface area contributed by atoms with Crippen LogP contribution in [-0.2, 0) is 9.47 Å². The van der Waals surface area contributed by atoms with Gasteiger partial charge in [0.05, 0.1) is 19.8 Å². The second-order valence-electron chi connectivity index (χ2n) is 4.91. The van der Waals surface area contributed by atoms with E-state index in [0.717, 1.165) is 45.4 Å². The van der Waals surface area contributed by atoms with Crippen molar-refractivity contribution in [1.82, 2.24) is 5.32 Å². The molecule has 0 amide bonds. The highest BCUT2D eigenvalue weighted by Crippen LogP contribution is 2.13. The summed E-state index contributed by atoms with van der Waals surface area (Å²) >= 11 is 0. The summed E-state index contributed by atoms with van der Waals surface area (Å²) in [5.74, 6) is 0. The Morgan fingerprint density at radius 2 is 1.78 bits per heavy atom. The third kappa shape index (κ3) is 9.83. The van der Waals surface area contributed by atoms with E-state index in [1.54, 1.807) is 0 Å². The zero-order valence-electron chi connectivity index (χ0n) is 12.3. The lowest BCUT2D eigenvalue weighted by molar-refractivity contribution is 0.0502. The predicted octanol–water partition coefficient (Wildman–Crippen LogP) is 1.96. The molecule has 1 unspecified atom stereocenters. The minimum atomic E-state index is -0.138. The molecule has 110 valence electrons. The Bertz CT molecular complexity index is 178. The summed E-state index contributed by atoms with van der Waals surface area (Å²) in [6.45, 7) is 10.3. The number of nitrogens with one attached hydrogen (secondary N) is 1. The van der Waals surface area contributed by atoms with E-state index in [-0.39, 0.29) is 12.1 Å². The average Bonchev–Trinajstić information content (AvgIpc) is 2.39. The normalized spacial score (nSPS) is 14.7. The van der Waals surface area contributed by atoms with Crippen molar-refractivity contribution in [2.24, 2.45) is 0 Å². The largest absolute Gasteiger partial charge is 0.394 e. The molecular weight excluding hydrogens is 230 g/mol. The van der Waals surface area contributed by atoms with E-state index in [4.69, 9.17) is 9.47 Å². The highest BCUT2D eigenvalue weighted by molar-refractivity contribution is 4.81. The van der Waals surface area contributed by atoms with Crippen molar-refractivity contribution in [3.05, 3.63) is 0 Å². The third-order valence-corrected chi connectivity index (χ3v) is 2.99. The molecule has 0 aliphatic heterocycles. The Morgan fingerprint density at radius 1 is 1.06 bits per heavy atom. The zero-order valence-corrected chi connectivity index (χ0v) is 12.3. The first-order chi connectivity index (χ1) is 8.68. The van der Waals surface area contributed by atoms with E-state index in [2.05, 4.69) is 19.2 Å². The number of aliphatic hydroxyl groups is 1. The number of aliphatic hydroxyl groups excluding tert-OH is 1. The molecule has 0 fully saturated rings. The topological polar surface area (TPSA) is 50.7 Å². The minimum absolute atomic E-state index is 0.138. The lowest BCUT2D eigenvalue weighted by Crippen LogP contribution is -2.46. The number of rotatable bonds is 13. The first kappa shape index (κ1) is 17.8. The van der Waals surface area contributed by atoms with Crippen molar-refractivity contribution in [3.63, 3.8) is 0 Å². The molecule has 0 heterocycles. The van der Waals surface area contributed by atoms with Crippen molar-refractivity contribution in [3.8, 4) is 0 Å². The smallest absolute Gasteiger partial charge is 0.0700 e. The number of unbranched alkanes of at least 4 members (excludes halogenated alkanes) is 1. The van der Waals surface area contributed by atoms with E-state index in [1.807, 2.05) is 6.92 Å². The Balaban J connectivity index is 3.44. The highest BCUT2D eigenvalue weighted by atomic mass is 16.5. The molecule has 0 bridgehead atoms. The first-order valence-electron chi connectivity index (χ1n) is 7.20. The Hall–Kier alpha value is -0.160. The fraction of sp³-hybridized carbons (Fsp3) is 1.00. The molecule has 1 atom stereocenters. The van der Waals surface area contributed by atoms with Gasteiger partial charge >= 0.3 is 0 Å². The van der Waals surface area contributed by atoms with Crippen LogP contribution < -0.4 is 5.32 Å². The minimum Gasteiger partial charge on any atom is -0.394 e. The van der Waals surface area contributed by atoms with Crippen molar-refractivity contribution in [2.45, 2.75) is 52.0 Å². The molecule has 0 aromatic rings. The molecule has 18 heavy (non-hydrogen) atoms. The fourth-order valence-electron chi connectivity index (χ4n) is 1.73. The van der Waals surface area contributed by atoms with E-state index in [0.29, 0.717) is 13.2 Å². The van der Waals surface area contributed by atoms with Gasteiger partial charge < -0.3 is 19.9 Å². The van der Waals surface area contributed by atoms with Gasteiger partial charge in [0.25, 0.3) is 0 Å². The Morgan fingerprint density at radius 3 is 2.39 bits per heavy atom. The molecule has 0 radical (unpaired) electrons. The number of hydrogen-bond donors (Lipinski definition) is 2. The quantitative estimate of drug-likeness (QED) is 0.498. The van der Waals surface area contributed by atoms with Gasteiger partial charge in [-0.1, -0.05) is 6.92 Å². The number of hydrogen-bond acceptors (Lipinski definition) is 4. The lowest BCUT2D eigenvalue weighted by Gasteiger charge is -2.28. The first-order valence-corrected chi connectivity index (χ1v) is 7.20. The van der Waals surface area contributed by atoms with E-state index >= 15 is 0 Å². The van der Waals surface area contributed by atoms with Crippen LogP contribution in [0, 0.1) is 0 Å². The summed E-state index contributed by atoms with van der Waals surface area (Å²) < 4.78 is 10.6. The molecule has 0 spiro atoms. The van der Waals surface area contributed by atoms with Gasteiger partial charge in [-0.2, -0.15) is 0 Å². The van der Waals surface area contributed by atoms with Crippen LogP contribution in [0.15, 0.2) is 0 Å². The van der Waals surface area contributed by atoms with E-state index in [1.165, 1.54) is 0 Å². The van der Waals surface area contributed by atoms with Gasteiger partial charge in [-0.05, 0) is 46.1 Å². The molecule has 4 heteroatoms. The van der Waals surface area contributed by atoms with E-state index < -0.39 is 0 Å². The maximum Gasteiger partial charge on any atom is 0.0700 e. The molecule has 0 aromatic carbocycles. The SMILES string of the molecule is CCCNC(C)(CO)CCCCOCCOCC. The van der Waals surface area contributed by atoms with Crippen LogP contribution >= 0.6 is 0 Å². The van der Waals surface area contributed by atoms with Crippen molar-refractivity contribution in [1.29, 1.82) is 0 Å². The van der Waals surface area contributed by atoms with Crippen LogP contribution in [-0.4, -0.2) is 50.2 Å². The van der Waals surface area contributed by atoms with Crippen molar-refractivity contribution >= 4 is 0 Å². The molecule has 0 rings (SSSR count). The second kappa shape index (κ2) is 11.9. The fourth-order valence-corrected chi connectivity index (χ4v) is 1.73. The maximum absolute atomic E-state index is 9.40. The predicted molar refractivity (Wildman–Crippen MR) is 74.9 cm³/mol. The van der Waals surface area contributed by atoms with Gasteiger partial charge in [0.15, 0.2) is 0 Å². The second-order valence-corrected chi connectivity index (χ2v) is 4.91. The van der Waals surface area contributed by atoms with Crippen LogP contribution in [0.1, 0.15) is 46.5 Å². The standard InChI is InChI=1S/C14H31NO3/c1-4-9-15-14(3,13-16)8-6-7-10-18-12-11-17-5-2/h15-16H,4-13H2,1-3H3. The van der Waals surface area contributed by atoms with Gasteiger partial charge in [0, 0.05) is 18.8 Å². The molecule has 4 nitrogen and oxygen atoms in total. The van der Waals surface area contributed by atoms with Gasteiger partial charge in [0.1, 0.15) is 0 Å². The Labute approximate surface area is 112 Å². The van der Waals surface area contributed by atoms with Crippen LogP contribution in [0.4, 0.5) is 0 Å². The van der Waals surface area contributed by atoms with Crippen LogP contribution in [0.2, 0.25) is 0 Å². The average molecular weight is 261 g/mol. The number of ether oxygens (including phenoxy) is 2. The maximum atomic E-state index is 9.40. The molecule has 0 aliphatic carbocycles. The van der Waals surface area contributed by atoms with Crippen LogP contribution in [0.5, 0.6) is 0 Å². The van der Waals surface area contributed by atoms with Crippen LogP contribution in [0.3, 0.4) is 0 Å². The highest BCUT2D eigenvalue weighted by Gasteiger charge is 2.21. The molecule has 0 aromatic heterocycles. The molecule has 2 N–H and O–H groups in total. The summed E-state index contributed by atoms with van der Waals surface area (Å²) in [7, 11) is 0. The summed E-state index contributed by atoms with van der Waals surface area (Å²) in [6, 6.07) is 0.